The van der Waals surface area contributed by atoms with Gasteiger partial charge in [-0.2, -0.15) is 0 Å². The third-order valence-corrected chi connectivity index (χ3v) is 3.85. The normalized spacial score (nSPS) is 10.9. The number of hydrogen-bond acceptors (Lipinski definition) is 6. The van der Waals surface area contributed by atoms with E-state index in [1.807, 2.05) is 0 Å². The van der Waals surface area contributed by atoms with Gasteiger partial charge in [-0.1, -0.05) is 0 Å². The van der Waals surface area contributed by atoms with E-state index in [4.69, 9.17) is 18.9 Å². The molecule has 2 rings (SSSR count). The van der Waals surface area contributed by atoms with Gasteiger partial charge in [-0.25, -0.2) is 4.79 Å². The molecule has 0 aliphatic heterocycles. The van der Waals surface area contributed by atoms with Crippen molar-refractivity contribution in [2.75, 3.05) is 28.4 Å². The number of carboxylic acids is 1. The number of hydrogen-bond donors (Lipinski definition) is 2. The van der Waals surface area contributed by atoms with Crippen molar-refractivity contribution in [1.82, 2.24) is 0 Å². The largest absolute Gasteiger partial charge is 0.497 e. The number of carbonyl (C=O) groups is 1. The number of ether oxygens (including phenoxy) is 4. The van der Waals surface area contributed by atoms with Crippen molar-refractivity contribution >= 4 is 5.97 Å². The average Bonchev–Trinajstić information content (AvgIpc) is 2.65. The van der Waals surface area contributed by atoms with E-state index in [-0.39, 0.29) is 11.1 Å². The Hall–Kier alpha value is -2.93. The van der Waals surface area contributed by atoms with Crippen LogP contribution in [0.2, 0.25) is 0 Å². The van der Waals surface area contributed by atoms with Crippen molar-refractivity contribution in [2.45, 2.75) is 5.60 Å². The minimum atomic E-state index is -2.36. The lowest BCUT2D eigenvalue weighted by atomic mass is 9.85. The Morgan fingerprint density at radius 3 is 1.20 bits per heavy atom. The maximum Gasteiger partial charge on any atom is 0.345 e. The number of methoxy groups -OCH3 is 4. The van der Waals surface area contributed by atoms with Crippen LogP contribution in [0.4, 0.5) is 0 Å². The summed E-state index contributed by atoms with van der Waals surface area (Å²) < 4.78 is 20.7. The first-order chi connectivity index (χ1) is 11.9. The molecule has 0 saturated heterocycles. The van der Waals surface area contributed by atoms with E-state index in [1.165, 1.54) is 52.7 Å². The van der Waals surface area contributed by atoms with Crippen molar-refractivity contribution < 1.29 is 34.0 Å². The molecular formula is C18H20O7. The summed E-state index contributed by atoms with van der Waals surface area (Å²) in [7, 11) is 5.75. The van der Waals surface area contributed by atoms with E-state index in [9.17, 15) is 15.0 Å². The highest BCUT2D eigenvalue weighted by molar-refractivity contribution is 5.84. The number of aliphatic carboxylic acids is 1. The van der Waals surface area contributed by atoms with Gasteiger partial charge >= 0.3 is 5.97 Å². The van der Waals surface area contributed by atoms with Crippen LogP contribution < -0.4 is 18.9 Å². The lowest BCUT2D eigenvalue weighted by Gasteiger charge is -2.26. The Morgan fingerprint density at radius 1 is 0.720 bits per heavy atom. The van der Waals surface area contributed by atoms with Crippen molar-refractivity contribution in [3.05, 3.63) is 47.5 Å². The second kappa shape index (κ2) is 7.31. The van der Waals surface area contributed by atoms with E-state index in [0.717, 1.165) is 0 Å². The molecule has 7 heteroatoms. The molecule has 0 bridgehead atoms. The average molecular weight is 348 g/mol. The summed E-state index contributed by atoms with van der Waals surface area (Å²) in [5.74, 6) is -0.0568. The van der Waals surface area contributed by atoms with E-state index >= 15 is 0 Å². The highest BCUT2D eigenvalue weighted by atomic mass is 16.5. The van der Waals surface area contributed by atoms with Crippen LogP contribution in [0.3, 0.4) is 0 Å². The molecule has 25 heavy (non-hydrogen) atoms. The zero-order valence-corrected chi connectivity index (χ0v) is 14.4. The van der Waals surface area contributed by atoms with Crippen LogP contribution in [-0.4, -0.2) is 44.6 Å². The molecule has 0 heterocycles. The third-order valence-electron chi connectivity index (χ3n) is 3.85. The van der Waals surface area contributed by atoms with E-state index in [2.05, 4.69) is 0 Å². The van der Waals surface area contributed by atoms with Gasteiger partial charge in [-0.05, 0) is 24.3 Å². The predicted molar refractivity (Wildman–Crippen MR) is 89.7 cm³/mol. The van der Waals surface area contributed by atoms with Crippen molar-refractivity contribution in [1.29, 1.82) is 0 Å². The molecule has 134 valence electrons. The van der Waals surface area contributed by atoms with Crippen LogP contribution in [0.5, 0.6) is 23.0 Å². The fraction of sp³-hybridized carbons (Fsp3) is 0.278. The lowest BCUT2D eigenvalue weighted by molar-refractivity contribution is -0.155. The van der Waals surface area contributed by atoms with Gasteiger partial charge in [-0.15, -0.1) is 0 Å². The molecule has 2 aromatic rings. The molecule has 2 N–H and O–H groups in total. The summed E-state index contributed by atoms with van der Waals surface area (Å²) in [5.41, 5.74) is -2.21. The Kier molecular flexibility index (Phi) is 5.38. The van der Waals surface area contributed by atoms with Gasteiger partial charge in [0.1, 0.15) is 23.0 Å². The van der Waals surface area contributed by atoms with E-state index < -0.39 is 11.6 Å². The monoisotopic (exact) mass is 348 g/mol. The Morgan fingerprint density at radius 2 is 1.00 bits per heavy atom. The van der Waals surface area contributed by atoms with Gasteiger partial charge < -0.3 is 29.2 Å². The number of benzene rings is 2. The molecule has 0 aromatic heterocycles. The summed E-state index contributed by atoms with van der Waals surface area (Å²) in [6, 6.07) is 8.90. The molecule has 0 radical (unpaired) electrons. The number of carboxylic acid groups (broad SMARTS) is 1. The van der Waals surface area contributed by atoms with Crippen LogP contribution in [0.25, 0.3) is 0 Å². The molecule has 0 fully saturated rings. The second-order valence-corrected chi connectivity index (χ2v) is 5.22. The molecule has 0 amide bonds. The van der Waals surface area contributed by atoms with Crippen LogP contribution in [0.15, 0.2) is 36.4 Å². The molecule has 2 aromatic carbocycles. The molecule has 0 saturated carbocycles. The highest BCUT2D eigenvalue weighted by Crippen LogP contribution is 2.38. The minimum absolute atomic E-state index is 0.0755. The molecule has 0 aliphatic carbocycles. The summed E-state index contributed by atoms with van der Waals surface area (Å²) in [6.07, 6.45) is 0. The first kappa shape index (κ1) is 18.4. The SMILES string of the molecule is COc1cc(OC)cc(C(O)(C(=O)O)c2cc(OC)cc(OC)c2)c1. The summed E-state index contributed by atoms with van der Waals surface area (Å²) in [6.45, 7) is 0. The molecule has 0 spiro atoms. The predicted octanol–water partition coefficient (Wildman–Crippen LogP) is 2.04. The van der Waals surface area contributed by atoms with Gasteiger partial charge in [0, 0.05) is 23.3 Å². The maximum atomic E-state index is 12.0. The van der Waals surface area contributed by atoms with Crippen molar-refractivity contribution in [3.8, 4) is 23.0 Å². The minimum Gasteiger partial charge on any atom is -0.497 e. The van der Waals surface area contributed by atoms with Crippen molar-refractivity contribution in [2.24, 2.45) is 0 Å². The summed E-state index contributed by atoms with van der Waals surface area (Å²) >= 11 is 0. The van der Waals surface area contributed by atoms with Gasteiger partial charge in [0.15, 0.2) is 0 Å². The zero-order valence-electron chi connectivity index (χ0n) is 14.4. The summed E-state index contributed by atoms with van der Waals surface area (Å²) in [5, 5.41) is 20.9. The van der Waals surface area contributed by atoms with Crippen LogP contribution in [0, 0.1) is 0 Å². The highest BCUT2D eigenvalue weighted by Gasteiger charge is 2.41. The van der Waals surface area contributed by atoms with E-state index in [1.54, 1.807) is 12.1 Å². The zero-order chi connectivity index (χ0) is 18.6. The standard InChI is InChI=1S/C18H20O7/c1-22-13-5-11(6-14(9-13)23-2)18(21,17(19)20)12-7-15(24-3)10-16(8-12)25-4/h5-10,21H,1-4H3,(H,19,20). The molecule has 7 nitrogen and oxygen atoms in total. The van der Waals surface area contributed by atoms with E-state index in [0.29, 0.717) is 23.0 Å². The first-order valence-corrected chi connectivity index (χ1v) is 7.31. The number of rotatable bonds is 7. The second-order valence-electron chi connectivity index (χ2n) is 5.22. The maximum absolute atomic E-state index is 12.0. The fourth-order valence-corrected chi connectivity index (χ4v) is 2.45. The Bertz CT molecular complexity index is 670. The van der Waals surface area contributed by atoms with Crippen LogP contribution >= 0.6 is 0 Å². The fourth-order valence-electron chi connectivity index (χ4n) is 2.45. The first-order valence-electron chi connectivity index (χ1n) is 7.31. The lowest BCUT2D eigenvalue weighted by Crippen LogP contribution is -2.37. The topological polar surface area (TPSA) is 94.5 Å². The molecular weight excluding hydrogens is 328 g/mol. The van der Waals surface area contributed by atoms with Gasteiger partial charge in [0.2, 0.25) is 5.60 Å². The smallest absolute Gasteiger partial charge is 0.345 e. The van der Waals surface area contributed by atoms with Gasteiger partial charge in [-0.3, -0.25) is 0 Å². The molecule has 0 atom stereocenters. The van der Waals surface area contributed by atoms with Crippen molar-refractivity contribution in [3.63, 3.8) is 0 Å². The van der Waals surface area contributed by atoms with Crippen LogP contribution in [-0.2, 0) is 10.4 Å². The molecule has 0 unspecified atom stereocenters. The van der Waals surface area contributed by atoms with Crippen LogP contribution in [0.1, 0.15) is 11.1 Å². The quantitative estimate of drug-likeness (QED) is 0.791. The Labute approximate surface area is 145 Å². The molecule has 0 aliphatic rings. The summed E-state index contributed by atoms with van der Waals surface area (Å²) in [4.78, 5) is 12.0. The Balaban J connectivity index is 2.73. The van der Waals surface area contributed by atoms with Gasteiger partial charge in [0.25, 0.3) is 0 Å². The number of aliphatic hydroxyl groups is 1. The third kappa shape index (κ3) is 3.46. The van der Waals surface area contributed by atoms with Gasteiger partial charge in [0.05, 0.1) is 28.4 Å².